The van der Waals surface area contributed by atoms with Crippen LogP contribution in [0.2, 0.25) is 0 Å². The molecule has 0 saturated carbocycles. The van der Waals surface area contributed by atoms with Crippen LogP contribution in [0.1, 0.15) is 41.7 Å². The first-order valence-electron chi connectivity index (χ1n) is 8.02. The van der Waals surface area contributed by atoms with E-state index in [1.165, 1.54) is 39.2 Å². The minimum atomic E-state index is -0.121. The lowest BCUT2D eigenvalue weighted by molar-refractivity contribution is 0.137. The molecule has 0 bridgehead atoms. The van der Waals surface area contributed by atoms with Crippen molar-refractivity contribution in [2.75, 3.05) is 0 Å². The lowest BCUT2D eigenvalue weighted by Gasteiger charge is -2.18. The molecule has 0 atom stereocenters. The van der Waals surface area contributed by atoms with E-state index >= 15 is 0 Å². The molecule has 0 saturated heterocycles. The van der Waals surface area contributed by atoms with Gasteiger partial charge >= 0.3 is 0 Å². The first kappa shape index (κ1) is 16.3. The van der Waals surface area contributed by atoms with Gasteiger partial charge in [0.1, 0.15) is 17.1 Å². The molecule has 3 heteroatoms. The molecule has 0 aromatic heterocycles. The first-order valence-corrected chi connectivity index (χ1v) is 8.76. The third-order valence-electron chi connectivity index (χ3n) is 4.60. The summed E-state index contributed by atoms with van der Waals surface area (Å²) in [6, 6.07) is 8.12. The summed E-state index contributed by atoms with van der Waals surface area (Å²) in [4.78, 5) is 1.21. The van der Waals surface area contributed by atoms with Crippen LogP contribution in [-0.4, -0.2) is 5.60 Å². The third kappa shape index (κ3) is 2.94. The Morgan fingerprint density at radius 3 is 2.39 bits per heavy atom. The molecule has 1 heterocycles. The molecule has 2 aromatic carbocycles. The van der Waals surface area contributed by atoms with Crippen LogP contribution in [0.4, 0.5) is 0 Å². The lowest BCUT2D eigenvalue weighted by Crippen LogP contribution is -2.24. The van der Waals surface area contributed by atoms with Crippen LogP contribution >= 0.6 is 12.0 Å². The van der Waals surface area contributed by atoms with Crippen molar-refractivity contribution in [2.24, 2.45) is 0 Å². The first-order chi connectivity index (χ1) is 10.8. The quantitative estimate of drug-likeness (QED) is 0.671. The molecule has 0 N–H and O–H groups in total. The molecule has 1 aliphatic heterocycles. The van der Waals surface area contributed by atoms with Crippen molar-refractivity contribution < 1.29 is 8.92 Å². The lowest BCUT2D eigenvalue weighted by atomic mass is 9.94. The zero-order chi connectivity index (χ0) is 16.8. The van der Waals surface area contributed by atoms with Crippen LogP contribution < -0.4 is 8.92 Å². The Morgan fingerprint density at radius 2 is 1.70 bits per heavy atom. The summed E-state index contributed by atoms with van der Waals surface area (Å²) in [5.74, 6) is 2.00. The number of hydrogen-bond donors (Lipinski definition) is 0. The predicted octanol–water partition coefficient (Wildman–Crippen LogP) is 5.72. The number of rotatable bonds is 3. The molecule has 2 nitrogen and oxygen atoms in total. The Kier molecular flexibility index (Phi) is 4.09. The Balaban J connectivity index is 1.95. The van der Waals surface area contributed by atoms with Crippen LogP contribution in [0.15, 0.2) is 29.2 Å². The summed E-state index contributed by atoms with van der Waals surface area (Å²) >= 11 is 1.47. The van der Waals surface area contributed by atoms with E-state index in [0.717, 1.165) is 23.5 Å². The summed E-state index contributed by atoms with van der Waals surface area (Å²) < 4.78 is 12.2. The molecule has 1 aliphatic rings. The number of fused-ring (bicyclic) bond motifs is 1. The van der Waals surface area contributed by atoms with E-state index < -0.39 is 0 Å². The van der Waals surface area contributed by atoms with Crippen molar-refractivity contribution in [1.29, 1.82) is 0 Å². The Hall–Kier alpha value is -1.61. The Bertz CT molecular complexity index is 763. The fourth-order valence-electron chi connectivity index (χ4n) is 3.11. The van der Waals surface area contributed by atoms with Gasteiger partial charge in [-0.3, -0.25) is 0 Å². The minimum Gasteiger partial charge on any atom is -0.487 e. The van der Waals surface area contributed by atoms with Crippen molar-refractivity contribution in [3.8, 4) is 11.5 Å². The highest BCUT2D eigenvalue weighted by molar-refractivity contribution is 7.95. The zero-order valence-corrected chi connectivity index (χ0v) is 15.6. The fraction of sp³-hybridized carbons (Fsp3) is 0.400. The van der Waals surface area contributed by atoms with Crippen molar-refractivity contribution >= 4 is 12.0 Å². The molecule has 0 aliphatic carbocycles. The number of benzene rings is 2. The highest BCUT2D eigenvalue weighted by Crippen LogP contribution is 2.45. The monoisotopic (exact) mass is 328 g/mol. The summed E-state index contributed by atoms with van der Waals surface area (Å²) in [7, 11) is 0. The van der Waals surface area contributed by atoms with Crippen molar-refractivity contribution in [2.45, 2.75) is 58.5 Å². The highest BCUT2D eigenvalue weighted by atomic mass is 32.2. The van der Waals surface area contributed by atoms with Crippen molar-refractivity contribution in [3.05, 3.63) is 52.1 Å². The maximum absolute atomic E-state index is 6.17. The molecule has 0 fully saturated rings. The van der Waals surface area contributed by atoms with Gasteiger partial charge in [-0.1, -0.05) is 18.2 Å². The number of para-hydroxylation sites is 1. The van der Waals surface area contributed by atoms with Gasteiger partial charge in [-0.05, 0) is 69.9 Å². The summed E-state index contributed by atoms with van der Waals surface area (Å²) in [6.45, 7) is 12.9. The summed E-state index contributed by atoms with van der Waals surface area (Å²) in [5, 5.41) is 0. The molecule has 122 valence electrons. The van der Waals surface area contributed by atoms with Gasteiger partial charge in [0.15, 0.2) is 0 Å². The molecule has 0 unspecified atom stereocenters. The minimum absolute atomic E-state index is 0.121. The maximum atomic E-state index is 6.17. The van der Waals surface area contributed by atoms with Crippen LogP contribution in [0.3, 0.4) is 0 Å². The van der Waals surface area contributed by atoms with Gasteiger partial charge in [0.25, 0.3) is 0 Å². The van der Waals surface area contributed by atoms with E-state index in [-0.39, 0.29) is 5.60 Å². The smallest absolute Gasteiger partial charge is 0.140 e. The van der Waals surface area contributed by atoms with Gasteiger partial charge in [0.2, 0.25) is 0 Å². The standard InChI is InChI=1S/C20H24O2S/c1-12-9-7-8-10-17(12)22-23-19-14(3)13(2)18-16(15(19)4)11-20(5,6)21-18/h7-10H,11H2,1-6H3. The zero-order valence-electron chi connectivity index (χ0n) is 14.7. The Morgan fingerprint density at radius 1 is 1.00 bits per heavy atom. The van der Waals surface area contributed by atoms with E-state index in [4.69, 9.17) is 8.92 Å². The number of aryl methyl sites for hydroxylation is 1. The molecule has 23 heavy (non-hydrogen) atoms. The molecular formula is C20H24O2S. The number of hydrogen-bond acceptors (Lipinski definition) is 3. The molecule has 0 amide bonds. The molecule has 3 rings (SSSR count). The predicted molar refractivity (Wildman–Crippen MR) is 96.7 cm³/mol. The van der Waals surface area contributed by atoms with Gasteiger partial charge in [-0.25, -0.2) is 0 Å². The number of ether oxygens (including phenoxy) is 1. The largest absolute Gasteiger partial charge is 0.487 e. The highest BCUT2D eigenvalue weighted by Gasteiger charge is 2.34. The second-order valence-electron chi connectivity index (χ2n) is 6.98. The Labute approximate surface area is 143 Å². The van der Waals surface area contributed by atoms with Crippen LogP contribution in [0, 0.1) is 27.7 Å². The average molecular weight is 328 g/mol. The molecule has 2 aromatic rings. The van der Waals surface area contributed by atoms with Crippen LogP contribution in [-0.2, 0) is 6.42 Å². The van der Waals surface area contributed by atoms with E-state index in [2.05, 4.69) is 47.6 Å². The van der Waals surface area contributed by atoms with Gasteiger partial charge in [0, 0.05) is 12.0 Å². The van der Waals surface area contributed by atoms with Gasteiger partial charge in [-0.2, -0.15) is 0 Å². The normalized spacial score (nSPS) is 15.2. The van der Waals surface area contributed by atoms with Crippen molar-refractivity contribution in [3.63, 3.8) is 0 Å². The maximum Gasteiger partial charge on any atom is 0.140 e. The van der Waals surface area contributed by atoms with Gasteiger partial charge in [-0.15, -0.1) is 0 Å². The summed E-state index contributed by atoms with van der Waals surface area (Å²) in [5.41, 5.74) is 6.12. The second-order valence-corrected chi connectivity index (χ2v) is 7.72. The third-order valence-corrected chi connectivity index (χ3v) is 5.64. The van der Waals surface area contributed by atoms with Gasteiger partial charge in [0.05, 0.1) is 16.9 Å². The van der Waals surface area contributed by atoms with E-state index in [9.17, 15) is 0 Å². The molecule has 0 spiro atoms. The molecule has 0 radical (unpaired) electrons. The van der Waals surface area contributed by atoms with E-state index in [1.807, 2.05) is 18.2 Å². The van der Waals surface area contributed by atoms with E-state index in [0.29, 0.717) is 0 Å². The molecular weight excluding hydrogens is 304 g/mol. The topological polar surface area (TPSA) is 18.5 Å². The van der Waals surface area contributed by atoms with Crippen LogP contribution in [0.5, 0.6) is 11.5 Å². The second kappa shape index (κ2) is 5.79. The summed E-state index contributed by atoms with van der Waals surface area (Å²) in [6.07, 6.45) is 0.952. The fourth-order valence-corrected chi connectivity index (χ4v) is 3.99. The van der Waals surface area contributed by atoms with Crippen LogP contribution in [0.25, 0.3) is 0 Å². The SMILES string of the molecule is Cc1ccccc1OSc1c(C)c(C)c2c(c1C)CC(C)(C)O2. The van der Waals surface area contributed by atoms with Crippen molar-refractivity contribution in [1.82, 2.24) is 0 Å². The van der Waals surface area contributed by atoms with E-state index in [1.54, 1.807) is 0 Å². The van der Waals surface area contributed by atoms with Gasteiger partial charge < -0.3 is 8.92 Å². The average Bonchev–Trinajstić information content (AvgIpc) is 2.83.